The molecule has 86 valence electrons. The van der Waals surface area contributed by atoms with E-state index >= 15 is 0 Å². The Labute approximate surface area is 98.9 Å². The SMILES string of the molecule is COC(=O)c1ccc(Cl)cc1NC1CNC1. The number of benzene rings is 1. The van der Waals surface area contributed by atoms with Crippen LogP contribution < -0.4 is 10.6 Å². The van der Waals surface area contributed by atoms with Gasteiger partial charge in [-0.15, -0.1) is 0 Å². The summed E-state index contributed by atoms with van der Waals surface area (Å²) in [5, 5.41) is 7.00. The first-order valence-corrected chi connectivity index (χ1v) is 5.43. The molecule has 0 unspecified atom stereocenters. The predicted octanol–water partition coefficient (Wildman–Crippen LogP) is 1.51. The van der Waals surface area contributed by atoms with Crippen LogP contribution in [-0.2, 0) is 4.74 Å². The minimum absolute atomic E-state index is 0.349. The third kappa shape index (κ3) is 2.28. The fourth-order valence-electron chi connectivity index (χ4n) is 1.53. The second-order valence-electron chi connectivity index (χ2n) is 3.68. The lowest BCUT2D eigenvalue weighted by molar-refractivity contribution is 0.0602. The number of anilines is 1. The Balaban J connectivity index is 2.24. The Morgan fingerprint density at radius 1 is 1.56 bits per heavy atom. The molecule has 0 spiro atoms. The zero-order chi connectivity index (χ0) is 11.5. The first kappa shape index (κ1) is 11.2. The molecule has 2 rings (SSSR count). The van der Waals surface area contributed by atoms with E-state index in [1.165, 1.54) is 7.11 Å². The van der Waals surface area contributed by atoms with E-state index in [1.807, 2.05) is 0 Å². The summed E-state index contributed by atoms with van der Waals surface area (Å²) >= 11 is 5.90. The van der Waals surface area contributed by atoms with Gasteiger partial charge < -0.3 is 15.4 Å². The highest BCUT2D eigenvalue weighted by atomic mass is 35.5. The minimum Gasteiger partial charge on any atom is -0.465 e. The molecule has 1 heterocycles. The van der Waals surface area contributed by atoms with Crippen LogP contribution in [0.15, 0.2) is 18.2 Å². The fraction of sp³-hybridized carbons (Fsp3) is 0.364. The number of hydrogen-bond acceptors (Lipinski definition) is 4. The van der Waals surface area contributed by atoms with E-state index in [1.54, 1.807) is 18.2 Å². The van der Waals surface area contributed by atoms with E-state index in [0.29, 0.717) is 16.6 Å². The van der Waals surface area contributed by atoms with Crippen LogP contribution in [-0.4, -0.2) is 32.2 Å². The van der Waals surface area contributed by atoms with E-state index in [2.05, 4.69) is 10.6 Å². The second-order valence-corrected chi connectivity index (χ2v) is 4.12. The summed E-state index contributed by atoms with van der Waals surface area (Å²) < 4.78 is 4.71. The predicted molar refractivity (Wildman–Crippen MR) is 63.1 cm³/mol. The van der Waals surface area contributed by atoms with Crippen molar-refractivity contribution >= 4 is 23.3 Å². The highest BCUT2D eigenvalue weighted by Gasteiger charge is 2.19. The van der Waals surface area contributed by atoms with Crippen LogP contribution >= 0.6 is 11.6 Å². The monoisotopic (exact) mass is 240 g/mol. The molecule has 1 fully saturated rings. The van der Waals surface area contributed by atoms with Gasteiger partial charge in [0.25, 0.3) is 0 Å². The molecule has 1 aliphatic rings. The smallest absolute Gasteiger partial charge is 0.339 e. The van der Waals surface area contributed by atoms with Crippen LogP contribution in [0.1, 0.15) is 10.4 Å². The molecule has 16 heavy (non-hydrogen) atoms. The lowest BCUT2D eigenvalue weighted by Gasteiger charge is -2.29. The highest BCUT2D eigenvalue weighted by molar-refractivity contribution is 6.31. The molecular weight excluding hydrogens is 228 g/mol. The molecule has 1 aromatic carbocycles. The quantitative estimate of drug-likeness (QED) is 0.787. The van der Waals surface area contributed by atoms with Gasteiger partial charge in [0.1, 0.15) is 0 Å². The molecule has 0 atom stereocenters. The molecular formula is C11H13ClN2O2. The number of rotatable bonds is 3. The standard InChI is InChI=1S/C11H13ClN2O2/c1-16-11(15)9-3-2-7(12)4-10(9)14-8-5-13-6-8/h2-4,8,13-14H,5-6H2,1H3. The Morgan fingerprint density at radius 2 is 2.31 bits per heavy atom. The van der Waals surface area contributed by atoms with Gasteiger partial charge in [0, 0.05) is 18.1 Å². The third-order valence-electron chi connectivity index (χ3n) is 2.53. The van der Waals surface area contributed by atoms with Gasteiger partial charge in [-0.3, -0.25) is 0 Å². The molecule has 0 saturated carbocycles. The Kier molecular flexibility index (Phi) is 3.31. The number of halogens is 1. The average Bonchev–Trinajstić information content (AvgIpc) is 2.22. The zero-order valence-electron chi connectivity index (χ0n) is 8.92. The van der Waals surface area contributed by atoms with Crippen molar-refractivity contribution in [3.05, 3.63) is 28.8 Å². The number of methoxy groups -OCH3 is 1. The van der Waals surface area contributed by atoms with Crippen LogP contribution in [0.2, 0.25) is 5.02 Å². The van der Waals surface area contributed by atoms with E-state index in [4.69, 9.17) is 16.3 Å². The van der Waals surface area contributed by atoms with E-state index < -0.39 is 0 Å². The van der Waals surface area contributed by atoms with Crippen LogP contribution in [0.25, 0.3) is 0 Å². The molecule has 4 nitrogen and oxygen atoms in total. The molecule has 0 aromatic heterocycles. The number of nitrogens with one attached hydrogen (secondary N) is 2. The molecule has 0 aliphatic carbocycles. The van der Waals surface area contributed by atoms with Crippen LogP contribution in [0, 0.1) is 0 Å². The van der Waals surface area contributed by atoms with Crippen LogP contribution in [0.4, 0.5) is 5.69 Å². The van der Waals surface area contributed by atoms with Crippen LogP contribution in [0.5, 0.6) is 0 Å². The van der Waals surface area contributed by atoms with Gasteiger partial charge in [-0.25, -0.2) is 4.79 Å². The molecule has 5 heteroatoms. The molecule has 0 amide bonds. The second kappa shape index (κ2) is 4.72. The van der Waals surface area contributed by atoms with E-state index in [-0.39, 0.29) is 5.97 Å². The number of ether oxygens (including phenoxy) is 1. The first-order chi connectivity index (χ1) is 7.70. The van der Waals surface area contributed by atoms with Crippen molar-refractivity contribution in [1.82, 2.24) is 5.32 Å². The van der Waals surface area contributed by atoms with Gasteiger partial charge in [-0.1, -0.05) is 11.6 Å². The van der Waals surface area contributed by atoms with Gasteiger partial charge in [-0.2, -0.15) is 0 Å². The molecule has 1 saturated heterocycles. The van der Waals surface area contributed by atoms with Gasteiger partial charge in [-0.05, 0) is 18.2 Å². The number of hydrogen-bond donors (Lipinski definition) is 2. The van der Waals surface area contributed by atoms with E-state index in [0.717, 1.165) is 18.8 Å². The van der Waals surface area contributed by atoms with Gasteiger partial charge >= 0.3 is 5.97 Å². The average molecular weight is 241 g/mol. The maximum atomic E-state index is 11.5. The fourth-order valence-corrected chi connectivity index (χ4v) is 1.71. The maximum absolute atomic E-state index is 11.5. The summed E-state index contributed by atoms with van der Waals surface area (Å²) in [6.45, 7) is 1.79. The Hall–Kier alpha value is -1.26. The summed E-state index contributed by atoms with van der Waals surface area (Å²) in [5.74, 6) is -0.355. The molecule has 1 aliphatic heterocycles. The molecule has 0 bridgehead atoms. The Morgan fingerprint density at radius 3 is 2.88 bits per heavy atom. The minimum atomic E-state index is -0.355. The molecule has 0 radical (unpaired) electrons. The highest BCUT2D eigenvalue weighted by Crippen LogP contribution is 2.23. The summed E-state index contributed by atoms with van der Waals surface area (Å²) in [7, 11) is 1.37. The maximum Gasteiger partial charge on any atom is 0.339 e. The van der Waals surface area contributed by atoms with Crippen molar-refractivity contribution < 1.29 is 9.53 Å². The van der Waals surface area contributed by atoms with Gasteiger partial charge in [0.05, 0.1) is 24.4 Å². The molecule has 2 N–H and O–H groups in total. The lowest BCUT2D eigenvalue weighted by Crippen LogP contribution is -2.51. The Bertz CT molecular complexity index is 405. The van der Waals surface area contributed by atoms with Crippen molar-refractivity contribution in [3.63, 3.8) is 0 Å². The number of carbonyl (C=O) groups excluding carboxylic acids is 1. The van der Waals surface area contributed by atoms with Crippen LogP contribution in [0.3, 0.4) is 0 Å². The number of carbonyl (C=O) groups is 1. The zero-order valence-corrected chi connectivity index (χ0v) is 9.67. The van der Waals surface area contributed by atoms with E-state index in [9.17, 15) is 4.79 Å². The largest absolute Gasteiger partial charge is 0.465 e. The van der Waals surface area contributed by atoms with Gasteiger partial charge in [0.15, 0.2) is 0 Å². The topological polar surface area (TPSA) is 50.4 Å². The summed E-state index contributed by atoms with van der Waals surface area (Å²) in [6.07, 6.45) is 0. The summed E-state index contributed by atoms with van der Waals surface area (Å²) in [5.41, 5.74) is 1.24. The summed E-state index contributed by atoms with van der Waals surface area (Å²) in [4.78, 5) is 11.5. The van der Waals surface area contributed by atoms with Crippen molar-refractivity contribution in [2.75, 3.05) is 25.5 Å². The van der Waals surface area contributed by atoms with Crippen molar-refractivity contribution in [2.24, 2.45) is 0 Å². The van der Waals surface area contributed by atoms with Gasteiger partial charge in [0.2, 0.25) is 0 Å². The van der Waals surface area contributed by atoms with Crippen molar-refractivity contribution in [2.45, 2.75) is 6.04 Å². The third-order valence-corrected chi connectivity index (χ3v) is 2.76. The van der Waals surface area contributed by atoms with Crippen molar-refractivity contribution in [1.29, 1.82) is 0 Å². The van der Waals surface area contributed by atoms with Crippen molar-refractivity contribution in [3.8, 4) is 0 Å². The number of esters is 1. The normalized spacial score (nSPS) is 15.4. The summed E-state index contributed by atoms with van der Waals surface area (Å²) in [6, 6.07) is 5.44. The first-order valence-electron chi connectivity index (χ1n) is 5.06. The molecule has 1 aromatic rings. The lowest BCUT2D eigenvalue weighted by atomic mass is 10.1.